The van der Waals surface area contributed by atoms with Crippen molar-refractivity contribution < 1.29 is 4.79 Å². The van der Waals surface area contributed by atoms with Crippen LogP contribution in [0.1, 0.15) is 51.0 Å². The van der Waals surface area contributed by atoms with Crippen LogP contribution in [-0.2, 0) is 6.54 Å². The van der Waals surface area contributed by atoms with E-state index in [2.05, 4.69) is 12.2 Å². The Morgan fingerprint density at radius 3 is 2.48 bits per heavy atom. The number of benzene rings is 1. The molecular weight excluding hydrogens is 262 g/mol. The summed E-state index contributed by atoms with van der Waals surface area (Å²) in [5, 5.41) is 3.19. The Balaban J connectivity index is 2.03. The van der Waals surface area contributed by atoms with Crippen molar-refractivity contribution in [1.29, 1.82) is 0 Å². The first kappa shape index (κ1) is 15.8. The molecule has 0 radical (unpaired) electrons. The summed E-state index contributed by atoms with van der Waals surface area (Å²) in [6.07, 6.45) is 6.91. The van der Waals surface area contributed by atoms with Crippen molar-refractivity contribution in [2.24, 2.45) is 5.73 Å². The molecule has 3 N–H and O–H groups in total. The molecule has 2 rings (SSSR count). The van der Waals surface area contributed by atoms with E-state index in [0.29, 0.717) is 12.6 Å². The van der Waals surface area contributed by atoms with Crippen LogP contribution >= 0.6 is 0 Å². The molecule has 0 aromatic heterocycles. The van der Waals surface area contributed by atoms with E-state index in [9.17, 15) is 4.79 Å². The second-order valence-electron chi connectivity index (χ2n) is 5.81. The number of urea groups is 1. The maximum Gasteiger partial charge on any atom is 0.322 e. The van der Waals surface area contributed by atoms with Crippen molar-refractivity contribution in [3.8, 4) is 0 Å². The monoisotopic (exact) mass is 289 g/mol. The zero-order valence-corrected chi connectivity index (χ0v) is 13.0. The predicted octanol–water partition coefficient (Wildman–Crippen LogP) is 3.40. The lowest BCUT2D eigenvalue weighted by Gasteiger charge is -2.28. The van der Waals surface area contributed by atoms with Gasteiger partial charge in [-0.1, -0.05) is 38.3 Å². The largest absolute Gasteiger partial charge is 0.335 e. The highest BCUT2D eigenvalue weighted by molar-refractivity contribution is 5.92. The second kappa shape index (κ2) is 8.03. The third kappa shape index (κ3) is 4.46. The number of hydrogen-bond acceptors (Lipinski definition) is 2. The van der Waals surface area contributed by atoms with Gasteiger partial charge in [0.1, 0.15) is 0 Å². The molecule has 0 bridgehead atoms. The topological polar surface area (TPSA) is 58.4 Å². The summed E-state index contributed by atoms with van der Waals surface area (Å²) in [7, 11) is 0. The van der Waals surface area contributed by atoms with E-state index in [1.807, 2.05) is 29.2 Å². The molecule has 2 amide bonds. The van der Waals surface area contributed by atoms with Crippen molar-refractivity contribution in [3.05, 3.63) is 29.8 Å². The molecule has 116 valence electrons. The molecule has 21 heavy (non-hydrogen) atoms. The van der Waals surface area contributed by atoms with Gasteiger partial charge in [-0.3, -0.25) is 4.90 Å². The Bertz CT molecular complexity index is 438. The SMILES string of the molecule is CCCN(C(=O)NC1CCCCC1)c1ccc(CN)cc1. The van der Waals surface area contributed by atoms with Crippen LogP contribution in [0, 0.1) is 0 Å². The number of carbonyl (C=O) groups is 1. The standard InChI is InChI=1S/C17H27N3O/c1-2-12-20(16-10-8-14(13-18)9-11-16)17(21)19-15-6-4-3-5-7-15/h8-11,15H,2-7,12-13,18H2,1H3,(H,19,21). The number of nitrogens with two attached hydrogens (primary N) is 1. The first-order chi connectivity index (χ1) is 10.2. The molecule has 1 saturated carbocycles. The summed E-state index contributed by atoms with van der Waals surface area (Å²) in [6.45, 7) is 3.36. The van der Waals surface area contributed by atoms with Gasteiger partial charge >= 0.3 is 6.03 Å². The Morgan fingerprint density at radius 2 is 1.90 bits per heavy atom. The van der Waals surface area contributed by atoms with E-state index < -0.39 is 0 Å². The van der Waals surface area contributed by atoms with E-state index in [1.165, 1.54) is 19.3 Å². The minimum Gasteiger partial charge on any atom is -0.335 e. The smallest absolute Gasteiger partial charge is 0.322 e. The fourth-order valence-corrected chi connectivity index (χ4v) is 2.88. The minimum atomic E-state index is 0.0317. The van der Waals surface area contributed by atoms with Crippen LogP contribution in [0.5, 0.6) is 0 Å². The zero-order valence-electron chi connectivity index (χ0n) is 13.0. The number of hydrogen-bond donors (Lipinski definition) is 2. The first-order valence-corrected chi connectivity index (χ1v) is 8.11. The summed E-state index contributed by atoms with van der Waals surface area (Å²) < 4.78 is 0. The number of anilines is 1. The lowest BCUT2D eigenvalue weighted by Crippen LogP contribution is -2.46. The van der Waals surface area contributed by atoms with Gasteiger partial charge in [0, 0.05) is 24.8 Å². The van der Waals surface area contributed by atoms with Crippen LogP contribution in [0.2, 0.25) is 0 Å². The van der Waals surface area contributed by atoms with E-state index in [-0.39, 0.29) is 6.03 Å². The van der Waals surface area contributed by atoms with Gasteiger partial charge in [-0.15, -0.1) is 0 Å². The van der Waals surface area contributed by atoms with Gasteiger partial charge in [0.05, 0.1) is 0 Å². The minimum absolute atomic E-state index is 0.0317. The summed E-state index contributed by atoms with van der Waals surface area (Å²) in [5.74, 6) is 0. The maximum absolute atomic E-state index is 12.5. The van der Waals surface area contributed by atoms with E-state index >= 15 is 0 Å². The molecule has 0 atom stereocenters. The third-order valence-corrected chi connectivity index (χ3v) is 4.11. The van der Waals surface area contributed by atoms with Crippen LogP contribution in [0.4, 0.5) is 10.5 Å². The molecule has 1 aliphatic carbocycles. The summed E-state index contributed by atoms with van der Waals surface area (Å²) >= 11 is 0. The van der Waals surface area contributed by atoms with Gasteiger partial charge in [-0.05, 0) is 37.0 Å². The Morgan fingerprint density at radius 1 is 1.24 bits per heavy atom. The van der Waals surface area contributed by atoms with Crippen molar-refractivity contribution in [2.45, 2.75) is 58.0 Å². The number of carbonyl (C=O) groups excluding carboxylic acids is 1. The molecule has 1 fully saturated rings. The summed E-state index contributed by atoms with van der Waals surface area (Å²) in [5.41, 5.74) is 7.66. The molecule has 4 heteroatoms. The highest BCUT2D eigenvalue weighted by Gasteiger charge is 2.20. The molecular formula is C17H27N3O. The van der Waals surface area contributed by atoms with Crippen molar-refractivity contribution >= 4 is 11.7 Å². The zero-order chi connectivity index (χ0) is 15.1. The molecule has 1 aromatic carbocycles. The average Bonchev–Trinajstić information content (AvgIpc) is 2.53. The van der Waals surface area contributed by atoms with Gasteiger partial charge in [-0.25, -0.2) is 4.79 Å². The average molecular weight is 289 g/mol. The molecule has 0 spiro atoms. The lowest BCUT2D eigenvalue weighted by atomic mass is 9.96. The fourth-order valence-electron chi connectivity index (χ4n) is 2.88. The van der Waals surface area contributed by atoms with Crippen LogP contribution in [0.25, 0.3) is 0 Å². The van der Waals surface area contributed by atoms with Crippen LogP contribution in [0.3, 0.4) is 0 Å². The molecule has 0 heterocycles. The maximum atomic E-state index is 12.5. The predicted molar refractivity (Wildman–Crippen MR) is 87.4 cm³/mol. The highest BCUT2D eigenvalue weighted by Crippen LogP contribution is 2.20. The van der Waals surface area contributed by atoms with Gasteiger partial charge in [0.25, 0.3) is 0 Å². The molecule has 1 aliphatic rings. The van der Waals surface area contributed by atoms with Crippen LogP contribution in [0.15, 0.2) is 24.3 Å². The Labute approximate surface area is 127 Å². The Hall–Kier alpha value is -1.55. The van der Waals surface area contributed by atoms with Gasteiger partial charge < -0.3 is 11.1 Å². The number of nitrogens with zero attached hydrogens (tertiary/aromatic N) is 1. The van der Waals surface area contributed by atoms with Crippen LogP contribution < -0.4 is 16.0 Å². The van der Waals surface area contributed by atoms with Crippen molar-refractivity contribution in [1.82, 2.24) is 5.32 Å². The van der Waals surface area contributed by atoms with E-state index in [4.69, 9.17) is 5.73 Å². The quantitative estimate of drug-likeness (QED) is 0.872. The molecule has 0 aliphatic heterocycles. The highest BCUT2D eigenvalue weighted by atomic mass is 16.2. The Kier molecular flexibility index (Phi) is 6.05. The molecule has 1 aromatic rings. The molecule has 0 saturated heterocycles. The number of rotatable bonds is 5. The molecule has 0 unspecified atom stereocenters. The van der Waals surface area contributed by atoms with Gasteiger partial charge in [-0.2, -0.15) is 0 Å². The normalized spacial score (nSPS) is 15.7. The van der Waals surface area contributed by atoms with Crippen LogP contribution in [-0.4, -0.2) is 18.6 Å². The van der Waals surface area contributed by atoms with Crippen molar-refractivity contribution in [2.75, 3.05) is 11.4 Å². The number of amides is 2. The number of nitrogens with one attached hydrogen (secondary N) is 1. The third-order valence-electron chi connectivity index (χ3n) is 4.11. The van der Waals surface area contributed by atoms with E-state index in [0.717, 1.165) is 37.1 Å². The lowest BCUT2D eigenvalue weighted by molar-refractivity contribution is 0.238. The summed E-state index contributed by atoms with van der Waals surface area (Å²) in [4.78, 5) is 14.4. The van der Waals surface area contributed by atoms with Gasteiger partial charge in [0.2, 0.25) is 0 Å². The first-order valence-electron chi connectivity index (χ1n) is 8.11. The van der Waals surface area contributed by atoms with E-state index in [1.54, 1.807) is 0 Å². The fraction of sp³-hybridized carbons (Fsp3) is 0.588. The summed E-state index contributed by atoms with van der Waals surface area (Å²) in [6, 6.07) is 8.33. The second-order valence-corrected chi connectivity index (χ2v) is 5.81. The van der Waals surface area contributed by atoms with Crippen molar-refractivity contribution in [3.63, 3.8) is 0 Å². The molecule has 4 nitrogen and oxygen atoms in total. The van der Waals surface area contributed by atoms with Gasteiger partial charge in [0.15, 0.2) is 0 Å².